The van der Waals surface area contributed by atoms with Crippen molar-refractivity contribution in [1.29, 1.82) is 0 Å². The number of aromatic amines is 1. The molecule has 0 aliphatic heterocycles. The van der Waals surface area contributed by atoms with Crippen LogP contribution in [0.15, 0.2) is 41.3 Å². The van der Waals surface area contributed by atoms with E-state index in [1.54, 1.807) is 24.4 Å². The quantitative estimate of drug-likeness (QED) is 0.733. The van der Waals surface area contributed by atoms with Gasteiger partial charge in [-0.15, -0.1) is 0 Å². The molecule has 2 aromatic heterocycles. The molecule has 1 amide bonds. The number of aromatic nitrogens is 3. The van der Waals surface area contributed by atoms with E-state index in [2.05, 4.69) is 10.1 Å². The lowest BCUT2D eigenvalue weighted by atomic mass is 10.0. The molecule has 8 heteroatoms. The molecule has 7 nitrogen and oxygen atoms in total. The summed E-state index contributed by atoms with van der Waals surface area (Å²) in [5.41, 5.74) is 0.607. The van der Waals surface area contributed by atoms with Crippen molar-refractivity contribution in [3.8, 4) is 0 Å². The Kier molecular flexibility index (Phi) is 4.13. The number of amides is 1. The van der Waals surface area contributed by atoms with Crippen LogP contribution in [0.5, 0.6) is 0 Å². The highest BCUT2D eigenvalue weighted by Gasteiger charge is 2.22. The number of carbonyl (C=O) groups is 1. The first-order valence-corrected chi connectivity index (χ1v) is 7.17. The second-order valence-electron chi connectivity index (χ2n) is 5.19. The number of nitrogens with one attached hydrogen (secondary N) is 1. The molecule has 0 atom stereocenters. The zero-order valence-corrected chi connectivity index (χ0v) is 13.1. The number of halogens is 1. The SMILES string of the molecule is CON(C)C(=O)c1nc2cc[nH]n2c(=O)c1Cc1cccc(F)c1. The van der Waals surface area contributed by atoms with Gasteiger partial charge in [0, 0.05) is 25.7 Å². The van der Waals surface area contributed by atoms with Crippen molar-refractivity contribution in [3.63, 3.8) is 0 Å². The Morgan fingerprint density at radius 2 is 2.21 bits per heavy atom. The van der Waals surface area contributed by atoms with Gasteiger partial charge in [0.05, 0.1) is 12.7 Å². The predicted molar refractivity (Wildman–Crippen MR) is 84.1 cm³/mol. The zero-order chi connectivity index (χ0) is 17.3. The highest BCUT2D eigenvalue weighted by Crippen LogP contribution is 2.14. The van der Waals surface area contributed by atoms with Crippen LogP contribution in [0.1, 0.15) is 21.6 Å². The van der Waals surface area contributed by atoms with Crippen LogP contribution in [0.25, 0.3) is 5.65 Å². The van der Waals surface area contributed by atoms with Crippen LogP contribution < -0.4 is 5.56 Å². The molecule has 3 rings (SSSR count). The molecule has 0 aliphatic rings. The molecule has 0 radical (unpaired) electrons. The van der Waals surface area contributed by atoms with E-state index in [4.69, 9.17) is 4.84 Å². The topological polar surface area (TPSA) is 79.7 Å². The summed E-state index contributed by atoms with van der Waals surface area (Å²) in [6.07, 6.45) is 1.62. The Labute approximate surface area is 136 Å². The number of hydrogen-bond acceptors (Lipinski definition) is 4. The van der Waals surface area contributed by atoms with Crippen molar-refractivity contribution < 1.29 is 14.0 Å². The molecule has 1 aromatic carbocycles. The van der Waals surface area contributed by atoms with Crippen molar-refractivity contribution in [3.05, 3.63) is 69.5 Å². The number of carbonyl (C=O) groups excluding carboxylic acids is 1. The lowest BCUT2D eigenvalue weighted by molar-refractivity contribution is -0.0761. The molecular weight excluding hydrogens is 315 g/mol. The fraction of sp³-hybridized carbons (Fsp3) is 0.188. The number of rotatable bonds is 4. The largest absolute Gasteiger partial charge is 0.297 e. The molecule has 1 N–H and O–H groups in total. The molecule has 0 spiro atoms. The number of hydrogen-bond donors (Lipinski definition) is 1. The summed E-state index contributed by atoms with van der Waals surface area (Å²) in [5, 5.41) is 3.73. The standard InChI is InChI=1S/C16H15FN4O3/c1-20(24-2)16(23)14-12(9-10-4-3-5-11(17)8-10)15(22)21-13(19-14)6-7-18-21/h3-8,18H,9H2,1-2H3. The molecule has 0 unspecified atom stereocenters. The van der Waals surface area contributed by atoms with Crippen molar-refractivity contribution in [2.45, 2.75) is 6.42 Å². The van der Waals surface area contributed by atoms with Gasteiger partial charge in [-0.25, -0.2) is 19.0 Å². The fourth-order valence-electron chi connectivity index (χ4n) is 2.41. The van der Waals surface area contributed by atoms with E-state index < -0.39 is 17.3 Å². The average molecular weight is 330 g/mol. The van der Waals surface area contributed by atoms with Gasteiger partial charge in [0.1, 0.15) is 11.5 Å². The molecule has 2 heterocycles. The second-order valence-corrected chi connectivity index (χ2v) is 5.19. The van der Waals surface area contributed by atoms with Gasteiger partial charge < -0.3 is 0 Å². The van der Waals surface area contributed by atoms with E-state index >= 15 is 0 Å². The Morgan fingerprint density at radius 1 is 1.42 bits per heavy atom. The minimum Gasteiger partial charge on any atom is -0.297 e. The van der Waals surface area contributed by atoms with Crippen LogP contribution in [-0.2, 0) is 11.3 Å². The van der Waals surface area contributed by atoms with E-state index in [0.717, 1.165) is 5.06 Å². The maximum absolute atomic E-state index is 13.4. The number of hydroxylamine groups is 2. The number of nitrogens with zero attached hydrogens (tertiary/aromatic N) is 3. The van der Waals surface area contributed by atoms with E-state index in [0.29, 0.717) is 11.2 Å². The third kappa shape index (κ3) is 2.79. The molecule has 0 fully saturated rings. The van der Waals surface area contributed by atoms with E-state index in [1.165, 1.54) is 30.8 Å². The van der Waals surface area contributed by atoms with Gasteiger partial charge in [0.15, 0.2) is 5.65 Å². The van der Waals surface area contributed by atoms with Gasteiger partial charge in [0.25, 0.3) is 11.5 Å². The first kappa shape index (κ1) is 15.9. The van der Waals surface area contributed by atoms with Crippen molar-refractivity contribution in [2.75, 3.05) is 14.2 Å². The third-order valence-electron chi connectivity index (χ3n) is 3.67. The number of fused-ring (bicyclic) bond motifs is 1. The van der Waals surface area contributed by atoms with E-state index in [-0.39, 0.29) is 17.7 Å². The Morgan fingerprint density at radius 3 is 2.92 bits per heavy atom. The van der Waals surface area contributed by atoms with Gasteiger partial charge in [-0.05, 0) is 17.7 Å². The van der Waals surface area contributed by atoms with Crippen LogP contribution in [0.3, 0.4) is 0 Å². The number of benzene rings is 1. The Bertz CT molecular complexity index is 963. The zero-order valence-electron chi connectivity index (χ0n) is 13.1. The summed E-state index contributed by atoms with van der Waals surface area (Å²) < 4.78 is 14.6. The van der Waals surface area contributed by atoms with Crippen LogP contribution in [0.4, 0.5) is 4.39 Å². The number of H-pyrrole nitrogens is 1. The molecule has 24 heavy (non-hydrogen) atoms. The fourth-order valence-corrected chi connectivity index (χ4v) is 2.41. The Balaban J connectivity index is 2.18. The van der Waals surface area contributed by atoms with Gasteiger partial charge in [-0.3, -0.25) is 19.5 Å². The van der Waals surface area contributed by atoms with Crippen LogP contribution >= 0.6 is 0 Å². The predicted octanol–water partition coefficient (Wildman–Crippen LogP) is 1.39. The minimum atomic E-state index is -0.551. The summed E-state index contributed by atoms with van der Waals surface area (Å²) in [4.78, 5) is 34.3. The second kappa shape index (κ2) is 6.25. The van der Waals surface area contributed by atoms with Crippen LogP contribution in [-0.4, -0.2) is 39.7 Å². The monoisotopic (exact) mass is 330 g/mol. The molecule has 124 valence electrons. The van der Waals surface area contributed by atoms with Gasteiger partial charge >= 0.3 is 0 Å². The van der Waals surface area contributed by atoms with E-state index in [9.17, 15) is 14.0 Å². The normalized spacial score (nSPS) is 11.0. The molecule has 0 aliphatic carbocycles. The maximum atomic E-state index is 13.4. The highest BCUT2D eigenvalue weighted by atomic mass is 19.1. The lowest BCUT2D eigenvalue weighted by Crippen LogP contribution is -2.32. The van der Waals surface area contributed by atoms with Crippen molar-refractivity contribution >= 4 is 11.6 Å². The molecular formula is C16H15FN4O3. The smallest absolute Gasteiger partial charge is 0.296 e. The maximum Gasteiger partial charge on any atom is 0.296 e. The summed E-state index contributed by atoms with van der Waals surface area (Å²) >= 11 is 0. The Hall–Kier alpha value is -3.00. The first-order valence-electron chi connectivity index (χ1n) is 7.17. The average Bonchev–Trinajstić information content (AvgIpc) is 3.04. The van der Waals surface area contributed by atoms with Gasteiger partial charge in [0.2, 0.25) is 0 Å². The van der Waals surface area contributed by atoms with Crippen LogP contribution in [0.2, 0.25) is 0 Å². The minimum absolute atomic E-state index is 0.0202. The third-order valence-corrected chi connectivity index (χ3v) is 3.67. The molecule has 0 saturated carbocycles. The lowest BCUT2D eigenvalue weighted by Gasteiger charge is -2.15. The highest BCUT2D eigenvalue weighted by molar-refractivity contribution is 5.93. The van der Waals surface area contributed by atoms with Crippen LogP contribution in [0, 0.1) is 5.82 Å². The molecule has 0 saturated heterocycles. The summed E-state index contributed by atoms with van der Waals surface area (Å²) in [5.74, 6) is -0.965. The summed E-state index contributed by atoms with van der Waals surface area (Å²) in [6.45, 7) is 0. The summed E-state index contributed by atoms with van der Waals surface area (Å²) in [6, 6.07) is 7.44. The van der Waals surface area contributed by atoms with E-state index in [1.807, 2.05) is 0 Å². The summed E-state index contributed by atoms with van der Waals surface area (Å²) in [7, 11) is 2.76. The van der Waals surface area contributed by atoms with Gasteiger partial charge in [-0.2, -0.15) is 0 Å². The first-order chi connectivity index (χ1) is 11.5. The molecule has 3 aromatic rings. The van der Waals surface area contributed by atoms with Crippen molar-refractivity contribution in [2.24, 2.45) is 0 Å². The van der Waals surface area contributed by atoms with Crippen molar-refractivity contribution in [1.82, 2.24) is 19.7 Å². The molecule has 0 bridgehead atoms. The van der Waals surface area contributed by atoms with Gasteiger partial charge in [-0.1, -0.05) is 12.1 Å².